The SMILES string of the molecule is C/C=C\C(N)=C(/C)Cl. The zero-order valence-corrected chi connectivity index (χ0v) is 5.87. The van der Waals surface area contributed by atoms with Crippen LogP contribution in [0.25, 0.3) is 0 Å². The molecule has 46 valence electrons. The molecule has 0 heterocycles. The lowest BCUT2D eigenvalue weighted by atomic mass is 10.4. The molecule has 0 aromatic carbocycles. The molecule has 0 rings (SSSR count). The second-order valence-corrected chi connectivity index (χ2v) is 2.06. The van der Waals surface area contributed by atoms with Crippen LogP contribution in [0.5, 0.6) is 0 Å². The highest BCUT2D eigenvalue weighted by molar-refractivity contribution is 6.29. The van der Waals surface area contributed by atoms with Crippen LogP contribution in [0.2, 0.25) is 0 Å². The predicted octanol–water partition coefficient (Wildman–Crippen LogP) is 1.99. The Morgan fingerprint density at radius 2 is 2.12 bits per heavy atom. The molecule has 0 aliphatic rings. The molecule has 0 aliphatic heterocycles. The number of allylic oxidation sites excluding steroid dienone is 3. The Morgan fingerprint density at radius 1 is 1.62 bits per heavy atom. The summed E-state index contributed by atoms with van der Waals surface area (Å²) in [6, 6.07) is 0. The highest BCUT2D eigenvalue weighted by Gasteiger charge is 1.84. The van der Waals surface area contributed by atoms with E-state index in [4.69, 9.17) is 17.3 Å². The highest BCUT2D eigenvalue weighted by atomic mass is 35.5. The molecule has 0 atom stereocenters. The minimum atomic E-state index is 0.633. The summed E-state index contributed by atoms with van der Waals surface area (Å²) < 4.78 is 0. The zero-order chi connectivity index (χ0) is 6.57. The van der Waals surface area contributed by atoms with Crippen LogP contribution in [-0.4, -0.2) is 0 Å². The van der Waals surface area contributed by atoms with Crippen molar-refractivity contribution in [3.05, 3.63) is 22.9 Å². The van der Waals surface area contributed by atoms with Gasteiger partial charge in [-0.15, -0.1) is 0 Å². The van der Waals surface area contributed by atoms with Gasteiger partial charge in [-0.05, 0) is 19.9 Å². The third-order valence-corrected chi connectivity index (χ3v) is 0.962. The molecule has 0 fully saturated rings. The Balaban J connectivity index is 4.00. The maximum atomic E-state index is 5.51. The summed E-state index contributed by atoms with van der Waals surface area (Å²) in [6.07, 6.45) is 3.61. The van der Waals surface area contributed by atoms with Crippen LogP contribution < -0.4 is 5.73 Å². The second-order valence-electron chi connectivity index (χ2n) is 1.49. The molecule has 1 nitrogen and oxygen atoms in total. The van der Waals surface area contributed by atoms with E-state index >= 15 is 0 Å². The van der Waals surface area contributed by atoms with Gasteiger partial charge in [0.05, 0.1) is 0 Å². The number of rotatable bonds is 1. The van der Waals surface area contributed by atoms with Crippen molar-refractivity contribution in [2.45, 2.75) is 13.8 Å². The lowest BCUT2D eigenvalue weighted by Crippen LogP contribution is -1.92. The van der Waals surface area contributed by atoms with Crippen LogP contribution in [-0.2, 0) is 0 Å². The molecule has 2 heteroatoms. The molecule has 0 amide bonds. The third kappa shape index (κ3) is 2.69. The largest absolute Gasteiger partial charge is 0.398 e. The van der Waals surface area contributed by atoms with Gasteiger partial charge in [0.15, 0.2) is 0 Å². The topological polar surface area (TPSA) is 26.0 Å². The smallest absolute Gasteiger partial charge is 0.0455 e. The first-order valence-corrected chi connectivity index (χ1v) is 2.80. The van der Waals surface area contributed by atoms with Gasteiger partial charge in [0.2, 0.25) is 0 Å². The second kappa shape index (κ2) is 3.56. The fraction of sp³-hybridized carbons (Fsp3) is 0.333. The number of hydrogen-bond donors (Lipinski definition) is 1. The van der Waals surface area contributed by atoms with E-state index < -0.39 is 0 Å². The quantitative estimate of drug-likeness (QED) is 0.542. The third-order valence-electron chi connectivity index (χ3n) is 0.744. The van der Waals surface area contributed by atoms with E-state index in [1.807, 2.05) is 13.0 Å². The summed E-state index contributed by atoms with van der Waals surface area (Å²) in [7, 11) is 0. The van der Waals surface area contributed by atoms with Crippen molar-refractivity contribution in [3.63, 3.8) is 0 Å². The fourth-order valence-corrected chi connectivity index (χ4v) is 0.357. The molecule has 0 aliphatic carbocycles. The molecule has 0 unspecified atom stereocenters. The molecule has 0 saturated heterocycles. The minimum absolute atomic E-state index is 0.633. The van der Waals surface area contributed by atoms with Gasteiger partial charge in [-0.1, -0.05) is 17.7 Å². The van der Waals surface area contributed by atoms with E-state index in [9.17, 15) is 0 Å². The van der Waals surface area contributed by atoms with E-state index in [2.05, 4.69) is 0 Å². The average molecular weight is 132 g/mol. The molecule has 8 heavy (non-hydrogen) atoms. The maximum Gasteiger partial charge on any atom is 0.0455 e. The van der Waals surface area contributed by atoms with Crippen molar-refractivity contribution >= 4 is 11.6 Å². The van der Waals surface area contributed by atoms with Gasteiger partial charge in [0.1, 0.15) is 0 Å². The lowest BCUT2D eigenvalue weighted by Gasteiger charge is -1.90. The summed E-state index contributed by atoms with van der Waals surface area (Å²) in [5.41, 5.74) is 6.02. The summed E-state index contributed by atoms with van der Waals surface area (Å²) in [6.45, 7) is 3.66. The number of hydrogen-bond acceptors (Lipinski definition) is 1. The van der Waals surface area contributed by atoms with Gasteiger partial charge in [-0.25, -0.2) is 0 Å². The summed E-state index contributed by atoms with van der Waals surface area (Å²) in [4.78, 5) is 0. The van der Waals surface area contributed by atoms with Crippen molar-refractivity contribution in [3.8, 4) is 0 Å². The predicted molar refractivity (Wildman–Crippen MR) is 37.6 cm³/mol. The average Bonchev–Trinajstić information content (AvgIpc) is 1.67. The van der Waals surface area contributed by atoms with Crippen molar-refractivity contribution in [2.24, 2.45) is 5.73 Å². The summed E-state index contributed by atoms with van der Waals surface area (Å²) in [5, 5.41) is 0.642. The highest BCUT2D eigenvalue weighted by Crippen LogP contribution is 2.02. The Morgan fingerprint density at radius 3 is 2.25 bits per heavy atom. The fourth-order valence-electron chi connectivity index (χ4n) is 0.294. The van der Waals surface area contributed by atoms with Gasteiger partial charge >= 0.3 is 0 Å². The van der Waals surface area contributed by atoms with Gasteiger partial charge < -0.3 is 5.73 Å². The molecule has 0 radical (unpaired) electrons. The Hall–Kier alpha value is -0.430. The molecule has 0 aromatic rings. The molecule has 0 saturated carbocycles. The van der Waals surface area contributed by atoms with Crippen LogP contribution in [0.4, 0.5) is 0 Å². The van der Waals surface area contributed by atoms with Gasteiger partial charge in [-0.3, -0.25) is 0 Å². The van der Waals surface area contributed by atoms with Crippen molar-refractivity contribution in [1.82, 2.24) is 0 Å². The number of nitrogens with two attached hydrogens (primary N) is 1. The first kappa shape index (κ1) is 7.57. The molecule has 2 N–H and O–H groups in total. The van der Waals surface area contributed by atoms with Crippen molar-refractivity contribution in [1.29, 1.82) is 0 Å². The van der Waals surface area contributed by atoms with Gasteiger partial charge in [-0.2, -0.15) is 0 Å². The van der Waals surface area contributed by atoms with Gasteiger partial charge in [0, 0.05) is 10.7 Å². The first-order valence-electron chi connectivity index (χ1n) is 2.43. The van der Waals surface area contributed by atoms with Crippen LogP contribution in [0.1, 0.15) is 13.8 Å². The van der Waals surface area contributed by atoms with Crippen LogP contribution >= 0.6 is 11.6 Å². The monoisotopic (exact) mass is 131 g/mol. The van der Waals surface area contributed by atoms with Crippen molar-refractivity contribution in [2.75, 3.05) is 0 Å². The zero-order valence-electron chi connectivity index (χ0n) is 5.11. The maximum absolute atomic E-state index is 5.51. The molecule has 0 aromatic heterocycles. The molecule has 0 spiro atoms. The summed E-state index contributed by atoms with van der Waals surface area (Å²) >= 11 is 5.51. The normalized spacial score (nSPS) is 14.4. The number of halogens is 1. The van der Waals surface area contributed by atoms with Crippen LogP contribution in [0, 0.1) is 0 Å². The van der Waals surface area contributed by atoms with E-state index in [0.717, 1.165) is 0 Å². The van der Waals surface area contributed by atoms with Crippen LogP contribution in [0.15, 0.2) is 22.9 Å². The molecular formula is C6H10ClN. The van der Waals surface area contributed by atoms with E-state index in [-0.39, 0.29) is 0 Å². The summed E-state index contributed by atoms with van der Waals surface area (Å²) in [5.74, 6) is 0. The Kier molecular flexibility index (Phi) is 3.37. The minimum Gasteiger partial charge on any atom is -0.398 e. The van der Waals surface area contributed by atoms with E-state index in [0.29, 0.717) is 10.7 Å². The molecular weight excluding hydrogens is 122 g/mol. The van der Waals surface area contributed by atoms with Gasteiger partial charge in [0.25, 0.3) is 0 Å². The van der Waals surface area contributed by atoms with Crippen LogP contribution in [0.3, 0.4) is 0 Å². The lowest BCUT2D eigenvalue weighted by molar-refractivity contribution is 1.36. The molecule has 0 bridgehead atoms. The standard InChI is InChI=1S/C6H10ClN/c1-3-4-6(8)5(2)7/h3-4H,8H2,1-2H3/b4-3-,6-5-. The Labute approximate surface area is 54.8 Å². The van der Waals surface area contributed by atoms with E-state index in [1.165, 1.54) is 0 Å². The first-order chi connectivity index (χ1) is 3.68. The van der Waals surface area contributed by atoms with Crippen molar-refractivity contribution < 1.29 is 0 Å². The van der Waals surface area contributed by atoms with E-state index in [1.54, 1.807) is 13.0 Å². The Bertz CT molecular complexity index is 120.